The maximum Gasteiger partial charge on any atom is 0.0812 e. The predicted octanol–water partition coefficient (Wildman–Crippen LogP) is 1.70. The van der Waals surface area contributed by atoms with Gasteiger partial charge in [-0.3, -0.25) is 0 Å². The van der Waals surface area contributed by atoms with Crippen molar-refractivity contribution in [3.05, 3.63) is 0 Å². The molecule has 16 heavy (non-hydrogen) atoms. The fourth-order valence-corrected chi connectivity index (χ4v) is 3.18. The molecule has 3 rings (SSSR count). The second-order valence-corrected chi connectivity index (χ2v) is 5.82. The van der Waals surface area contributed by atoms with Crippen LogP contribution in [-0.2, 0) is 9.47 Å². The molecule has 2 unspecified atom stereocenters. The molecule has 1 aliphatic carbocycles. The molecule has 2 heterocycles. The van der Waals surface area contributed by atoms with E-state index in [9.17, 15) is 0 Å². The molecule has 0 aromatic heterocycles. The highest BCUT2D eigenvalue weighted by molar-refractivity contribution is 4.86. The maximum absolute atomic E-state index is 5.97. The summed E-state index contributed by atoms with van der Waals surface area (Å²) in [5, 5.41) is 0. The summed E-state index contributed by atoms with van der Waals surface area (Å²) in [4.78, 5) is 0. The topological polar surface area (TPSA) is 51.1 Å². The van der Waals surface area contributed by atoms with Gasteiger partial charge >= 0.3 is 0 Å². The van der Waals surface area contributed by atoms with Crippen molar-refractivity contribution in [3.8, 4) is 0 Å². The third-order valence-corrected chi connectivity index (χ3v) is 4.42. The Labute approximate surface area is 97.7 Å². The molecule has 2 aliphatic heterocycles. The molecule has 2 saturated heterocycles. The Hall–Kier alpha value is -0.120. The Balaban J connectivity index is 1.52. The van der Waals surface area contributed by atoms with E-state index in [1.54, 1.807) is 0 Å². The lowest BCUT2D eigenvalue weighted by Gasteiger charge is -2.32. The van der Waals surface area contributed by atoms with E-state index in [0.29, 0.717) is 18.2 Å². The lowest BCUT2D eigenvalue weighted by atomic mass is 9.75. The van der Waals surface area contributed by atoms with Gasteiger partial charge in [0.2, 0.25) is 0 Å². The Morgan fingerprint density at radius 2 is 1.44 bits per heavy atom. The molecule has 0 amide bonds. The van der Waals surface area contributed by atoms with Gasteiger partial charge in [-0.25, -0.2) is 0 Å². The van der Waals surface area contributed by atoms with Crippen molar-refractivity contribution in [2.45, 2.75) is 56.8 Å². The number of nitrogens with two attached hydrogens (primary N) is 1. The van der Waals surface area contributed by atoms with Gasteiger partial charge in [0.05, 0.1) is 25.4 Å². The van der Waals surface area contributed by atoms with E-state index < -0.39 is 0 Å². The van der Waals surface area contributed by atoms with Crippen LogP contribution in [0.2, 0.25) is 0 Å². The van der Waals surface area contributed by atoms with Crippen molar-refractivity contribution < 1.29 is 9.47 Å². The van der Waals surface area contributed by atoms with Crippen molar-refractivity contribution in [1.29, 1.82) is 0 Å². The minimum atomic E-state index is 0.464. The van der Waals surface area contributed by atoms with Crippen molar-refractivity contribution in [2.75, 3.05) is 13.2 Å². The lowest BCUT2D eigenvalue weighted by Crippen LogP contribution is -2.30. The third-order valence-electron chi connectivity index (χ3n) is 4.42. The molecule has 0 aromatic carbocycles. The van der Waals surface area contributed by atoms with Crippen LogP contribution in [0.5, 0.6) is 0 Å². The number of hydrogen-bond donors (Lipinski definition) is 1. The van der Waals surface area contributed by atoms with Crippen molar-refractivity contribution >= 4 is 0 Å². The molecule has 0 aromatic rings. The fraction of sp³-hybridized carbons (Fsp3) is 1.00. The van der Waals surface area contributed by atoms with E-state index in [-0.39, 0.29) is 0 Å². The minimum absolute atomic E-state index is 0.464. The summed E-state index contributed by atoms with van der Waals surface area (Å²) in [5.74, 6) is 1.71. The Morgan fingerprint density at radius 1 is 0.938 bits per heavy atom. The summed E-state index contributed by atoms with van der Waals surface area (Å²) < 4.78 is 10.8. The molecule has 1 saturated carbocycles. The predicted molar refractivity (Wildman–Crippen MR) is 62.1 cm³/mol. The normalized spacial score (nSPS) is 44.1. The number of epoxide rings is 2. The van der Waals surface area contributed by atoms with E-state index in [4.69, 9.17) is 15.2 Å². The summed E-state index contributed by atoms with van der Waals surface area (Å²) in [6.45, 7) is 1.99. The first kappa shape index (κ1) is 11.0. The first-order valence-corrected chi connectivity index (χ1v) is 6.80. The molecule has 2 atom stereocenters. The Kier molecular flexibility index (Phi) is 3.18. The van der Waals surface area contributed by atoms with Crippen molar-refractivity contribution in [3.63, 3.8) is 0 Å². The van der Waals surface area contributed by atoms with Gasteiger partial charge in [-0.15, -0.1) is 0 Å². The van der Waals surface area contributed by atoms with Crippen LogP contribution < -0.4 is 5.73 Å². The Bertz CT molecular complexity index is 216. The van der Waals surface area contributed by atoms with Crippen LogP contribution in [0.4, 0.5) is 0 Å². The van der Waals surface area contributed by atoms with Crippen LogP contribution in [0.15, 0.2) is 0 Å². The molecule has 3 nitrogen and oxygen atoms in total. The molecule has 2 N–H and O–H groups in total. The first-order valence-electron chi connectivity index (χ1n) is 6.80. The molecule has 3 fully saturated rings. The largest absolute Gasteiger partial charge is 0.373 e. The van der Waals surface area contributed by atoms with E-state index in [2.05, 4.69) is 0 Å². The third kappa shape index (κ3) is 2.96. The highest BCUT2D eigenvalue weighted by Crippen LogP contribution is 2.38. The molecule has 3 heteroatoms. The van der Waals surface area contributed by atoms with Crippen LogP contribution in [0.3, 0.4) is 0 Å². The molecule has 0 radical (unpaired) electrons. The summed E-state index contributed by atoms with van der Waals surface area (Å²) in [6.07, 6.45) is 8.76. The second kappa shape index (κ2) is 4.63. The highest BCUT2D eigenvalue weighted by atomic mass is 16.6. The lowest BCUT2D eigenvalue weighted by molar-refractivity contribution is 0.184. The zero-order chi connectivity index (χ0) is 11.0. The van der Waals surface area contributed by atoms with Crippen LogP contribution in [-0.4, -0.2) is 31.5 Å². The zero-order valence-corrected chi connectivity index (χ0v) is 9.94. The molecular formula is C13H23NO2. The maximum atomic E-state index is 5.97. The van der Waals surface area contributed by atoms with Crippen molar-refractivity contribution in [1.82, 2.24) is 0 Å². The summed E-state index contributed by atoms with van der Waals surface area (Å²) in [7, 11) is 0. The molecule has 0 bridgehead atoms. The van der Waals surface area contributed by atoms with Gasteiger partial charge < -0.3 is 15.2 Å². The molecule has 0 spiro atoms. The summed E-state index contributed by atoms with van der Waals surface area (Å²) >= 11 is 0. The standard InChI is InChI=1S/C13H23NO2/c14-11-3-1-9(2-4-11)10(5-12-7-15-12)6-13-8-16-13/h9-13H,1-8,14H2. The van der Waals surface area contributed by atoms with Gasteiger partial charge in [0.15, 0.2) is 0 Å². The van der Waals surface area contributed by atoms with E-state index >= 15 is 0 Å². The van der Waals surface area contributed by atoms with Crippen molar-refractivity contribution in [2.24, 2.45) is 17.6 Å². The molecule has 3 aliphatic rings. The summed E-state index contributed by atoms with van der Waals surface area (Å²) in [6, 6.07) is 0.464. The smallest absolute Gasteiger partial charge is 0.0812 e. The van der Waals surface area contributed by atoms with E-state index in [1.165, 1.54) is 38.5 Å². The van der Waals surface area contributed by atoms with E-state index in [1.807, 2.05) is 0 Å². The van der Waals surface area contributed by atoms with Gasteiger partial charge in [-0.2, -0.15) is 0 Å². The van der Waals surface area contributed by atoms with Gasteiger partial charge in [-0.05, 0) is 50.4 Å². The molecular weight excluding hydrogens is 202 g/mol. The average molecular weight is 225 g/mol. The van der Waals surface area contributed by atoms with E-state index in [0.717, 1.165) is 25.0 Å². The Morgan fingerprint density at radius 3 is 1.88 bits per heavy atom. The van der Waals surface area contributed by atoms with Crippen LogP contribution in [0, 0.1) is 11.8 Å². The number of ether oxygens (including phenoxy) is 2. The molecule has 92 valence electrons. The zero-order valence-electron chi connectivity index (χ0n) is 9.94. The van der Waals surface area contributed by atoms with Gasteiger partial charge in [0.1, 0.15) is 0 Å². The second-order valence-electron chi connectivity index (χ2n) is 5.82. The van der Waals surface area contributed by atoms with Crippen LogP contribution >= 0.6 is 0 Å². The van der Waals surface area contributed by atoms with Gasteiger partial charge in [-0.1, -0.05) is 0 Å². The number of hydrogen-bond acceptors (Lipinski definition) is 3. The average Bonchev–Trinajstić information content (AvgIpc) is 3.12. The monoisotopic (exact) mass is 225 g/mol. The van der Waals surface area contributed by atoms with Crippen LogP contribution in [0.25, 0.3) is 0 Å². The van der Waals surface area contributed by atoms with Gasteiger partial charge in [0, 0.05) is 6.04 Å². The van der Waals surface area contributed by atoms with Gasteiger partial charge in [0.25, 0.3) is 0 Å². The highest BCUT2D eigenvalue weighted by Gasteiger charge is 2.36. The first-order chi connectivity index (χ1) is 7.81. The minimum Gasteiger partial charge on any atom is -0.373 e. The quantitative estimate of drug-likeness (QED) is 0.724. The summed E-state index contributed by atoms with van der Waals surface area (Å²) in [5.41, 5.74) is 5.97. The number of rotatable bonds is 5. The van der Waals surface area contributed by atoms with Crippen LogP contribution in [0.1, 0.15) is 38.5 Å². The SMILES string of the molecule is NC1CCC(C(CC2CO2)CC2CO2)CC1. The fourth-order valence-electron chi connectivity index (χ4n) is 3.18.